The molecular weight excluding hydrogens is 390 g/mol. The summed E-state index contributed by atoms with van der Waals surface area (Å²) in [6.07, 6.45) is 0.0719. The first-order valence-electron chi connectivity index (χ1n) is 10.1. The predicted molar refractivity (Wildman–Crippen MR) is 105 cm³/mol. The van der Waals surface area contributed by atoms with Crippen LogP contribution in [0.3, 0.4) is 0 Å². The van der Waals surface area contributed by atoms with Crippen LogP contribution in [0.25, 0.3) is 5.78 Å². The van der Waals surface area contributed by atoms with Gasteiger partial charge in [0, 0.05) is 50.7 Å². The number of nitrogens with zero attached hydrogens (tertiary/aromatic N) is 7. The van der Waals surface area contributed by atoms with E-state index < -0.39 is 11.8 Å². The molecule has 11 nitrogen and oxygen atoms in total. The number of morpholine rings is 1. The number of amides is 3. The van der Waals surface area contributed by atoms with Crippen LogP contribution in [0.2, 0.25) is 0 Å². The minimum atomic E-state index is -0.511. The molecule has 3 amide bonds. The van der Waals surface area contributed by atoms with Gasteiger partial charge in [-0.05, 0) is 19.9 Å². The second-order valence-electron chi connectivity index (χ2n) is 7.53. The summed E-state index contributed by atoms with van der Waals surface area (Å²) >= 11 is 0. The molecule has 0 N–H and O–H groups in total. The molecule has 0 spiro atoms. The van der Waals surface area contributed by atoms with Crippen LogP contribution in [0.4, 0.5) is 0 Å². The number of aryl methyl sites for hydroxylation is 2. The first-order valence-corrected chi connectivity index (χ1v) is 10.1. The molecule has 11 heteroatoms. The van der Waals surface area contributed by atoms with E-state index in [0.717, 1.165) is 11.4 Å². The molecule has 30 heavy (non-hydrogen) atoms. The van der Waals surface area contributed by atoms with Gasteiger partial charge in [0.15, 0.2) is 5.82 Å². The van der Waals surface area contributed by atoms with E-state index in [4.69, 9.17) is 4.74 Å². The van der Waals surface area contributed by atoms with Gasteiger partial charge >= 0.3 is 11.8 Å². The Morgan fingerprint density at radius 3 is 2.17 bits per heavy atom. The van der Waals surface area contributed by atoms with Gasteiger partial charge in [0.1, 0.15) is 0 Å². The molecule has 0 unspecified atom stereocenters. The number of hydrogen-bond acceptors (Lipinski definition) is 7. The Hall–Kier alpha value is -3.08. The Balaban J connectivity index is 1.32. The van der Waals surface area contributed by atoms with E-state index in [2.05, 4.69) is 15.1 Å². The summed E-state index contributed by atoms with van der Waals surface area (Å²) in [5, 5.41) is 4.38. The zero-order valence-electron chi connectivity index (χ0n) is 17.2. The normalized spacial score (nSPS) is 17.5. The quantitative estimate of drug-likeness (QED) is 0.567. The SMILES string of the molecule is Cc1cc(C)n2nc(CC(=O)N3CCN(C(=O)C(=O)N4CCOCC4)CC3)nc2n1. The molecule has 2 aromatic rings. The van der Waals surface area contributed by atoms with Crippen molar-refractivity contribution in [3.63, 3.8) is 0 Å². The van der Waals surface area contributed by atoms with Crippen LogP contribution in [-0.2, 0) is 25.5 Å². The second-order valence-corrected chi connectivity index (χ2v) is 7.53. The van der Waals surface area contributed by atoms with E-state index in [1.165, 1.54) is 9.80 Å². The first kappa shape index (κ1) is 20.2. The van der Waals surface area contributed by atoms with Crippen LogP contribution in [0.15, 0.2) is 6.07 Å². The minimum absolute atomic E-state index is 0.0719. The van der Waals surface area contributed by atoms with Crippen molar-refractivity contribution >= 4 is 23.5 Å². The maximum absolute atomic E-state index is 12.7. The average Bonchev–Trinajstić information content (AvgIpc) is 3.16. The smallest absolute Gasteiger partial charge is 0.312 e. The van der Waals surface area contributed by atoms with Gasteiger partial charge < -0.3 is 19.4 Å². The van der Waals surface area contributed by atoms with Crippen LogP contribution in [-0.4, -0.2) is 104 Å². The Kier molecular flexibility index (Phi) is 5.62. The van der Waals surface area contributed by atoms with Gasteiger partial charge in [0.25, 0.3) is 5.78 Å². The van der Waals surface area contributed by atoms with Crippen molar-refractivity contribution in [1.82, 2.24) is 34.3 Å². The van der Waals surface area contributed by atoms with E-state index in [1.807, 2.05) is 19.9 Å². The number of carbonyl (C=O) groups excluding carboxylic acids is 3. The van der Waals surface area contributed by atoms with Gasteiger partial charge in [-0.1, -0.05) is 0 Å². The van der Waals surface area contributed by atoms with Crippen molar-refractivity contribution in [3.05, 3.63) is 23.3 Å². The van der Waals surface area contributed by atoms with Crippen molar-refractivity contribution in [2.75, 3.05) is 52.5 Å². The highest BCUT2D eigenvalue weighted by Crippen LogP contribution is 2.10. The maximum Gasteiger partial charge on any atom is 0.312 e. The molecule has 2 saturated heterocycles. The molecule has 0 bridgehead atoms. The molecule has 2 aliphatic rings. The lowest BCUT2D eigenvalue weighted by Crippen LogP contribution is -2.55. The van der Waals surface area contributed by atoms with Crippen molar-refractivity contribution in [1.29, 1.82) is 0 Å². The predicted octanol–water partition coefficient (Wildman–Crippen LogP) is -1.19. The molecule has 4 rings (SSSR count). The van der Waals surface area contributed by atoms with Crippen molar-refractivity contribution in [2.45, 2.75) is 20.3 Å². The van der Waals surface area contributed by atoms with Crippen LogP contribution >= 0.6 is 0 Å². The van der Waals surface area contributed by atoms with Gasteiger partial charge in [-0.2, -0.15) is 4.98 Å². The van der Waals surface area contributed by atoms with Gasteiger partial charge in [0.2, 0.25) is 5.91 Å². The standard InChI is InChI=1S/C19H25N7O4/c1-13-11-14(2)26-19(20-13)21-15(22-26)12-16(27)23-3-5-24(6-4-23)17(28)18(29)25-7-9-30-10-8-25/h11H,3-10,12H2,1-2H3. The molecule has 0 aliphatic carbocycles. The molecule has 2 fully saturated rings. The van der Waals surface area contributed by atoms with E-state index >= 15 is 0 Å². The Morgan fingerprint density at radius 2 is 1.50 bits per heavy atom. The highest BCUT2D eigenvalue weighted by atomic mass is 16.5. The minimum Gasteiger partial charge on any atom is -0.378 e. The molecule has 160 valence electrons. The summed E-state index contributed by atoms with van der Waals surface area (Å²) in [6.45, 7) is 6.99. The number of piperazine rings is 1. The fourth-order valence-electron chi connectivity index (χ4n) is 3.73. The fourth-order valence-corrected chi connectivity index (χ4v) is 3.73. The zero-order valence-corrected chi connectivity index (χ0v) is 17.2. The molecule has 0 radical (unpaired) electrons. The van der Waals surface area contributed by atoms with Crippen LogP contribution in [0, 0.1) is 13.8 Å². The van der Waals surface area contributed by atoms with Crippen molar-refractivity contribution in [3.8, 4) is 0 Å². The highest BCUT2D eigenvalue weighted by molar-refractivity contribution is 6.34. The summed E-state index contributed by atoms with van der Waals surface area (Å²) in [5.74, 6) is -0.213. The van der Waals surface area contributed by atoms with Crippen LogP contribution < -0.4 is 0 Å². The molecule has 4 heterocycles. The number of hydrogen-bond donors (Lipinski definition) is 0. The van der Waals surface area contributed by atoms with Gasteiger partial charge in [-0.3, -0.25) is 14.4 Å². The Labute approximate surface area is 173 Å². The first-order chi connectivity index (χ1) is 14.4. The molecule has 0 aromatic carbocycles. The zero-order chi connectivity index (χ0) is 21.3. The van der Waals surface area contributed by atoms with Gasteiger partial charge in [0.05, 0.1) is 19.6 Å². The lowest BCUT2D eigenvalue weighted by molar-refractivity contribution is -0.155. The third-order valence-electron chi connectivity index (χ3n) is 5.37. The maximum atomic E-state index is 12.7. The monoisotopic (exact) mass is 415 g/mol. The van der Waals surface area contributed by atoms with Crippen molar-refractivity contribution in [2.24, 2.45) is 0 Å². The highest BCUT2D eigenvalue weighted by Gasteiger charge is 2.31. The second kappa shape index (κ2) is 8.34. The van der Waals surface area contributed by atoms with Crippen LogP contribution in [0.1, 0.15) is 17.2 Å². The molecule has 2 aliphatic heterocycles. The van der Waals surface area contributed by atoms with Crippen LogP contribution in [0.5, 0.6) is 0 Å². The van der Waals surface area contributed by atoms with E-state index in [0.29, 0.717) is 64.1 Å². The number of rotatable bonds is 2. The Bertz CT molecular complexity index is 975. The summed E-state index contributed by atoms with van der Waals surface area (Å²) in [6, 6.07) is 1.90. The lowest BCUT2D eigenvalue weighted by Gasteiger charge is -2.35. The van der Waals surface area contributed by atoms with E-state index in [-0.39, 0.29) is 12.3 Å². The van der Waals surface area contributed by atoms with Gasteiger partial charge in [-0.15, -0.1) is 5.10 Å². The van der Waals surface area contributed by atoms with E-state index in [9.17, 15) is 14.4 Å². The summed E-state index contributed by atoms with van der Waals surface area (Å²) < 4.78 is 6.85. The average molecular weight is 415 g/mol. The lowest BCUT2D eigenvalue weighted by atomic mass is 10.2. The summed E-state index contributed by atoms with van der Waals surface area (Å²) in [5.41, 5.74) is 1.75. The largest absolute Gasteiger partial charge is 0.378 e. The number of carbonyl (C=O) groups is 3. The fraction of sp³-hybridized carbons (Fsp3) is 0.579. The Morgan fingerprint density at radius 1 is 0.900 bits per heavy atom. The summed E-state index contributed by atoms with van der Waals surface area (Å²) in [7, 11) is 0. The third kappa shape index (κ3) is 4.11. The summed E-state index contributed by atoms with van der Waals surface area (Å²) in [4.78, 5) is 50.9. The molecule has 2 aromatic heterocycles. The van der Waals surface area contributed by atoms with Gasteiger partial charge in [-0.25, -0.2) is 9.50 Å². The number of fused-ring (bicyclic) bond motifs is 1. The molecule has 0 saturated carbocycles. The van der Waals surface area contributed by atoms with E-state index in [1.54, 1.807) is 9.42 Å². The number of ether oxygens (including phenoxy) is 1. The third-order valence-corrected chi connectivity index (χ3v) is 5.37. The molecular formula is C19H25N7O4. The number of aromatic nitrogens is 4. The van der Waals surface area contributed by atoms with Crippen molar-refractivity contribution < 1.29 is 19.1 Å². The molecule has 0 atom stereocenters. The topological polar surface area (TPSA) is 113 Å².